The highest BCUT2D eigenvalue weighted by Crippen LogP contribution is 2.29. The highest BCUT2D eigenvalue weighted by atomic mass is 35.5. The fourth-order valence-electron chi connectivity index (χ4n) is 1.97. The molecule has 0 saturated heterocycles. The molecule has 0 aliphatic heterocycles. The zero-order valence-corrected chi connectivity index (χ0v) is 9.24. The van der Waals surface area contributed by atoms with E-state index in [1.54, 1.807) is 0 Å². The van der Waals surface area contributed by atoms with Gasteiger partial charge in [-0.1, -0.05) is 12.8 Å². The number of rotatable bonds is 3. The molecule has 0 spiro atoms. The van der Waals surface area contributed by atoms with Crippen LogP contribution in [0, 0.1) is 5.92 Å². The van der Waals surface area contributed by atoms with Gasteiger partial charge in [0.25, 0.3) is 0 Å². The minimum absolute atomic E-state index is 0. The van der Waals surface area contributed by atoms with Gasteiger partial charge in [-0.05, 0) is 31.6 Å². The summed E-state index contributed by atoms with van der Waals surface area (Å²) in [7, 11) is 0. The van der Waals surface area contributed by atoms with E-state index < -0.39 is 5.54 Å². The molecule has 2 saturated carbocycles. The molecule has 0 aromatic rings. The summed E-state index contributed by atoms with van der Waals surface area (Å²) in [5.41, 5.74) is 5.46. The second kappa shape index (κ2) is 4.49. The van der Waals surface area contributed by atoms with E-state index in [4.69, 9.17) is 5.73 Å². The van der Waals surface area contributed by atoms with Gasteiger partial charge in [0.15, 0.2) is 0 Å². The van der Waals surface area contributed by atoms with Crippen molar-refractivity contribution in [1.29, 1.82) is 0 Å². The molecule has 14 heavy (non-hydrogen) atoms. The molecule has 0 radical (unpaired) electrons. The maximum Gasteiger partial charge on any atom is 0.240 e. The summed E-state index contributed by atoms with van der Waals surface area (Å²) >= 11 is 0. The van der Waals surface area contributed by atoms with Gasteiger partial charge in [-0.15, -0.1) is 12.4 Å². The first-order valence-corrected chi connectivity index (χ1v) is 5.28. The van der Waals surface area contributed by atoms with Crippen molar-refractivity contribution in [2.24, 2.45) is 11.7 Å². The van der Waals surface area contributed by atoms with Gasteiger partial charge in [0, 0.05) is 6.54 Å². The molecule has 2 aliphatic carbocycles. The van der Waals surface area contributed by atoms with Crippen molar-refractivity contribution < 1.29 is 4.79 Å². The zero-order chi connectivity index (χ0) is 9.31. The smallest absolute Gasteiger partial charge is 0.240 e. The van der Waals surface area contributed by atoms with Gasteiger partial charge in [0.05, 0.1) is 5.54 Å². The average Bonchev–Trinajstić information content (AvgIpc) is 2.84. The Morgan fingerprint density at radius 3 is 2.43 bits per heavy atom. The van der Waals surface area contributed by atoms with Crippen molar-refractivity contribution in [3.8, 4) is 0 Å². The lowest BCUT2D eigenvalue weighted by atomic mass is 9.98. The van der Waals surface area contributed by atoms with E-state index in [9.17, 15) is 4.79 Å². The van der Waals surface area contributed by atoms with Gasteiger partial charge in [0.2, 0.25) is 5.91 Å². The minimum atomic E-state index is -0.533. The van der Waals surface area contributed by atoms with Crippen molar-refractivity contribution >= 4 is 18.3 Å². The predicted molar refractivity (Wildman–Crippen MR) is 58.4 cm³/mol. The van der Waals surface area contributed by atoms with Crippen LogP contribution in [-0.4, -0.2) is 18.0 Å². The lowest BCUT2D eigenvalue weighted by Gasteiger charge is -2.22. The van der Waals surface area contributed by atoms with Crippen LogP contribution in [0.2, 0.25) is 0 Å². The summed E-state index contributed by atoms with van der Waals surface area (Å²) in [5.74, 6) is 0.825. The van der Waals surface area contributed by atoms with E-state index in [1.165, 1.54) is 12.8 Å². The largest absolute Gasteiger partial charge is 0.354 e. The third kappa shape index (κ3) is 2.61. The van der Waals surface area contributed by atoms with E-state index in [0.717, 1.165) is 38.1 Å². The Morgan fingerprint density at radius 2 is 1.93 bits per heavy atom. The molecule has 2 fully saturated rings. The topological polar surface area (TPSA) is 55.1 Å². The Balaban J connectivity index is 0.000000980. The molecule has 3 nitrogen and oxygen atoms in total. The monoisotopic (exact) mass is 218 g/mol. The quantitative estimate of drug-likeness (QED) is 0.748. The molecule has 3 N–H and O–H groups in total. The van der Waals surface area contributed by atoms with E-state index >= 15 is 0 Å². The van der Waals surface area contributed by atoms with Gasteiger partial charge in [0.1, 0.15) is 0 Å². The fourth-order valence-corrected chi connectivity index (χ4v) is 1.97. The van der Waals surface area contributed by atoms with Crippen LogP contribution >= 0.6 is 12.4 Å². The molecule has 0 atom stereocenters. The van der Waals surface area contributed by atoms with Gasteiger partial charge < -0.3 is 11.1 Å². The normalized spacial score (nSPS) is 24.1. The van der Waals surface area contributed by atoms with E-state index in [2.05, 4.69) is 5.32 Å². The lowest BCUT2D eigenvalue weighted by Crippen LogP contribution is -2.52. The second-order valence-electron chi connectivity index (χ2n) is 4.52. The first-order chi connectivity index (χ1) is 6.21. The van der Waals surface area contributed by atoms with Crippen LogP contribution in [0.5, 0.6) is 0 Å². The van der Waals surface area contributed by atoms with Gasteiger partial charge in [-0.2, -0.15) is 0 Å². The fraction of sp³-hybridized carbons (Fsp3) is 0.900. The van der Waals surface area contributed by atoms with Crippen molar-refractivity contribution in [2.75, 3.05) is 6.54 Å². The first-order valence-electron chi connectivity index (χ1n) is 5.28. The Hall–Kier alpha value is -0.280. The van der Waals surface area contributed by atoms with Gasteiger partial charge in [-0.25, -0.2) is 0 Å². The Morgan fingerprint density at radius 1 is 1.36 bits per heavy atom. The summed E-state index contributed by atoms with van der Waals surface area (Å²) in [4.78, 5) is 11.7. The Labute approximate surface area is 91.2 Å². The predicted octanol–water partition coefficient (Wildman–Crippen LogP) is 1.21. The van der Waals surface area contributed by atoms with Crippen LogP contribution < -0.4 is 11.1 Å². The van der Waals surface area contributed by atoms with E-state index in [1.807, 2.05) is 0 Å². The Bertz CT molecular complexity index is 210. The van der Waals surface area contributed by atoms with Crippen molar-refractivity contribution in [3.05, 3.63) is 0 Å². The molecular formula is C10H19ClN2O. The first kappa shape index (κ1) is 11.8. The number of hydrogen-bond donors (Lipinski definition) is 2. The highest BCUT2D eigenvalue weighted by molar-refractivity contribution is 5.86. The summed E-state index contributed by atoms with van der Waals surface area (Å²) in [6.07, 6.45) is 6.49. The number of hydrogen-bond acceptors (Lipinski definition) is 2. The lowest BCUT2D eigenvalue weighted by molar-refractivity contribution is -0.126. The Kier molecular flexibility index (Phi) is 3.78. The molecule has 4 heteroatoms. The van der Waals surface area contributed by atoms with Crippen LogP contribution in [0.15, 0.2) is 0 Å². The van der Waals surface area contributed by atoms with Crippen LogP contribution in [0.1, 0.15) is 38.5 Å². The standard InChI is InChI=1S/C10H18N2O.ClH/c11-10(5-1-2-6-10)9(13)12-7-8-3-4-8;/h8H,1-7,11H2,(H,12,13);1H. The third-order valence-electron chi connectivity index (χ3n) is 3.20. The molecule has 2 rings (SSSR count). The van der Waals surface area contributed by atoms with Crippen molar-refractivity contribution in [2.45, 2.75) is 44.1 Å². The van der Waals surface area contributed by atoms with E-state index in [0.29, 0.717) is 0 Å². The summed E-state index contributed by atoms with van der Waals surface area (Å²) in [5, 5.41) is 2.96. The van der Waals surface area contributed by atoms with Crippen LogP contribution in [0.3, 0.4) is 0 Å². The van der Waals surface area contributed by atoms with Crippen LogP contribution in [-0.2, 0) is 4.79 Å². The number of halogens is 1. The highest BCUT2D eigenvalue weighted by Gasteiger charge is 2.37. The summed E-state index contributed by atoms with van der Waals surface area (Å²) in [6.45, 7) is 0.845. The number of amides is 1. The number of carbonyl (C=O) groups excluding carboxylic acids is 1. The molecular weight excluding hydrogens is 200 g/mol. The molecule has 2 aliphatic rings. The maximum absolute atomic E-state index is 11.7. The van der Waals surface area contributed by atoms with Crippen molar-refractivity contribution in [3.63, 3.8) is 0 Å². The van der Waals surface area contributed by atoms with Gasteiger partial charge >= 0.3 is 0 Å². The molecule has 0 aromatic carbocycles. The molecule has 0 bridgehead atoms. The van der Waals surface area contributed by atoms with Crippen LogP contribution in [0.25, 0.3) is 0 Å². The maximum atomic E-state index is 11.7. The van der Waals surface area contributed by atoms with Crippen molar-refractivity contribution in [1.82, 2.24) is 5.32 Å². The molecule has 1 amide bonds. The summed E-state index contributed by atoms with van der Waals surface area (Å²) in [6, 6.07) is 0. The zero-order valence-electron chi connectivity index (χ0n) is 8.42. The summed E-state index contributed by atoms with van der Waals surface area (Å²) < 4.78 is 0. The van der Waals surface area contributed by atoms with E-state index in [-0.39, 0.29) is 18.3 Å². The second-order valence-corrected chi connectivity index (χ2v) is 4.52. The molecule has 0 unspecified atom stereocenters. The minimum Gasteiger partial charge on any atom is -0.354 e. The molecule has 82 valence electrons. The van der Waals surface area contributed by atoms with Gasteiger partial charge in [-0.3, -0.25) is 4.79 Å². The molecule has 0 heterocycles. The molecule has 0 aromatic heterocycles. The third-order valence-corrected chi connectivity index (χ3v) is 3.20. The number of nitrogens with one attached hydrogen (secondary N) is 1. The SMILES string of the molecule is Cl.NC1(C(=O)NCC2CC2)CCCC1. The number of carbonyl (C=O) groups is 1. The van der Waals surface area contributed by atoms with Crippen LogP contribution in [0.4, 0.5) is 0 Å². The average molecular weight is 219 g/mol. The number of nitrogens with two attached hydrogens (primary N) is 1.